The molecule has 1 aromatic heterocycles. The fourth-order valence-corrected chi connectivity index (χ4v) is 3.50. The second-order valence-corrected chi connectivity index (χ2v) is 5.50. The predicted molar refractivity (Wildman–Crippen MR) is 68.3 cm³/mol. The van der Waals surface area contributed by atoms with Gasteiger partial charge in [0.05, 0.1) is 6.17 Å². The van der Waals surface area contributed by atoms with E-state index >= 15 is 0 Å². The Labute approximate surface area is 103 Å². The van der Waals surface area contributed by atoms with Gasteiger partial charge >= 0.3 is 0 Å². The maximum Gasteiger partial charge on any atom is 0.0954 e. The van der Waals surface area contributed by atoms with Crippen molar-refractivity contribution in [2.24, 2.45) is 0 Å². The molecule has 0 aromatic carbocycles. The van der Waals surface area contributed by atoms with E-state index in [9.17, 15) is 0 Å². The average Bonchev–Trinajstić information content (AvgIpc) is 2.68. The van der Waals surface area contributed by atoms with Crippen LogP contribution >= 0.6 is 27.3 Å². The first-order valence-electron chi connectivity index (χ1n) is 5.17. The van der Waals surface area contributed by atoms with Gasteiger partial charge in [-0.05, 0) is 29.0 Å². The largest absolute Gasteiger partial charge is 0.314 e. The second-order valence-electron chi connectivity index (χ2n) is 3.64. The van der Waals surface area contributed by atoms with E-state index in [1.54, 1.807) is 11.3 Å². The molecule has 1 aromatic rings. The molecule has 0 aliphatic carbocycles. The Balaban J connectivity index is 2.08. The Kier molecular flexibility index (Phi) is 4.16. The topological polar surface area (TPSA) is 27.3 Å². The summed E-state index contributed by atoms with van der Waals surface area (Å²) in [6.07, 6.45) is 0.364. The lowest BCUT2D eigenvalue weighted by Gasteiger charge is -2.34. The summed E-state index contributed by atoms with van der Waals surface area (Å²) in [7, 11) is 2.03. The van der Waals surface area contributed by atoms with Gasteiger partial charge in [-0.15, -0.1) is 11.3 Å². The van der Waals surface area contributed by atoms with Crippen molar-refractivity contribution in [1.29, 1.82) is 0 Å². The number of hydrogen-bond donors (Lipinski definition) is 2. The Hall–Kier alpha value is 0.0600. The van der Waals surface area contributed by atoms with Crippen molar-refractivity contribution >= 4 is 27.3 Å². The van der Waals surface area contributed by atoms with E-state index in [0.29, 0.717) is 6.17 Å². The van der Waals surface area contributed by atoms with E-state index in [2.05, 4.69) is 42.9 Å². The molecule has 2 N–H and O–H groups in total. The summed E-state index contributed by atoms with van der Waals surface area (Å²) in [5.41, 5.74) is 0. The molecular formula is C10H16BrN3S. The zero-order chi connectivity index (χ0) is 10.7. The van der Waals surface area contributed by atoms with Gasteiger partial charge in [-0.3, -0.25) is 4.90 Å². The molecule has 0 bridgehead atoms. The van der Waals surface area contributed by atoms with Gasteiger partial charge in [0, 0.05) is 40.9 Å². The Morgan fingerprint density at radius 3 is 2.80 bits per heavy atom. The van der Waals surface area contributed by atoms with Crippen LogP contribution in [0, 0.1) is 0 Å². The summed E-state index contributed by atoms with van der Waals surface area (Å²) in [5, 5.41) is 8.90. The van der Waals surface area contributed by atoms with E-state index < -0.39 is 0 Å². The average molecular weight is 290 g/mol. The molecule has 0 spiro atoms. The fourth-order valence-electron chi connectivity index (χ4n) is 1.92. The highest BCUT2D eigenvalue weighted by molar-refractivity contribution is 9.10. The number of thiophene rings is 1. The van der Waals surface area contributed by atoms with Crippen LogP contribution in [-0.2, 0) is 0 Å². The molecule has 5 heteroatoms. The highest BCUT2D eigenvalue weighted by Gasteiger charge is 2.21. The summed E-state index contributed by atoms with van der Waals surface area (Å²) >= 11 is 5.31. The number of rotatable bonds is 3. The molecule has 15 heavy (non-hydrogen) atoms. The molecule has 0 amide bonds. The van der Waals surface area contributed by atoms with Crippen molar-refractivity contribution in [3.05, 3.63) is 20.8 Å². The quantitative estimate of drug-likeness (QED) is 0.886. The van der Waals surface area contributed by atoms with Crippen molar-refractivity contribution < 1.29 is 0 Å². The summed E-state index contributed by atoms with van der Waals surface area (Å²) in [4.78, 5) is 3.86. The van der Waals surface area contributed by atoms with Crippen LogP contribution in [0.3, 0.4) is 0 Å². The molecule has 1 aliphatic heterocycles. The van der Waals surface area contributed by atoms with Crippen LogP contribution < -0.4 is 10.6 Å². The zero-order valence-electron chi connectivity index (χ0n) is 8.79. The van der Waals surface area contributed by atoms with Crippen molar-refractivity contribution in [3.63, 3.8) is 0 Å². The van der Waals surface area contributed by atoms with Gasteiger partial charge < -0.3 is 10.6 Å². The maximum atomic E-state index is 3.51. The molecule has 3 nitrogen and oxygen atoms in total. The van der Waals surface area contributed by atoms with E-state index in [0.717, 1.165) is 26.2 Å². The molecule has 1 fully saturated rings. The third-order valence-electron chi connectivity index (χ3n) is 2.65. The zero-order valence-corrected chi connectivity index (χ0v) is 11.2. The normalized spacial score (nSPS) is 20.4. The van der Waals surface area contributed by atoms with Crippen LogP contribution in [0.5, 0.6) is 0 Å². The molecule has 1 unspecified atom stereocenters. The highest BCUT2D eigenvalue weighted by atomic mass is 79.9. The first-order valence-corrected chi connectivity index (χ1v) is 6.84. The number of nitrogens with one attached hydrogen (secondary N) is 2. The highest BCUT2D eigenvalue weighted by Crippen LogP contribution is 2.27. The molecule has 2 rings (SSSR count). The van der Waals surface area contributed by atoms with Crippen molar-refractivity contribution in [2.45, 2.75) is 6.17 Å². The Morgan fingerprint density at radius 2 is 2.27 bits per heavy atom. The van der Waals surface area contributed by atoms with Crippen LogP contribution in [0.2, 0.25) is 0 Å². The molecule has 0 radical (unpaired) electrons. The van der Waals surface area contributed by atoms with Gasteiger partial charge in [0.25, 0.3) is 0 Å². The minimum Gasteiger partial charge on any atom is -0.314 e. The molecule has 84 valence electrons. The summed E-state index contributed by atoms with van der Waals surface area (Å²) in [6.45, 7) is 4.40. The standard InChI is InChI=1S/C10H16BrN3S/c1-12-10(9-6-8(11)7-15-9)14-4-2-13-3-5-14/h6-7,10,12-13H,2-5H2,1H3. The van der Waals surface area contributed by atoms with Crippen molar-refractivity contribution in [3.8, 4) is 0 Å². The monoisotopic (exact) mass is 289 g/mol. The third-order valence-corrected chi connectivity index (χ3v) is 4.39. The summed E-state index contributed by atoms with van der Waals surface area (Å²) in [5.74, 6) is 0. The fraction of sp³-hybridized carbons (Fsp3) is 0.600. The summed E-state index contributed by atoms with van der Waals surface area (Å²) in [6, 6.07) is 2.20. The molecule has 2 heterocycles. The number of piperazine rings is 1. The van der Waals surface area contributed by atoms with E-state index in [1.165, 1.54) is 9.35 Å². The first-order chi connectivity index (χ1) is 7.31. The van der Waals surface area contributed by atoms with Crippen LogP contribution in [0.25, 0.3) is 0 Å². The van der Waals surface area contributed by atoms with Crippen LogP contribution in [0.1, 0.15) is 11.0 Å². The van der Waals surface area contributed by atoms with Crippen molar-refractivity contribution in [2.75, 3.05) is 33.2 Å². The Bertz CT molecular complexity index is 309. The molecule has 0 saturated carbocycles. The Morgan fingerprint density at radius 1 is 1.53 bits per heavy atom. The van der Waals surface area contributed by atoms with E-state index in [4.69, 9.17) is 0 Å². The first kappa shape index (κ1) is 11.5. The minimum absolute atomic E-state index is 0.364. The predicted octanol–water partition coefficient (Wildman–Crippen LogP) is 1.63. The molecule has 1 atom stereocenters. The second kappa shape index (κ2) is 5.41. The van der Waals surface area contributed by atoms with Crippen LogP contribution in [0.15, 0.2) is 15.9 Å². The van der Waals surface area contributed by atoms with Gasteiger partial charge in [0.2, 0.25) is 0 Å². The minimum atomic E-state index is 0.364. The summed E-state index contributed by atoms with van der Waals surface area (Å²) < 4.78 is 1.18. The maximum absolute atomic E-state index is 3.51. The third kappa shape index (κ3) is 2.79. The van der Waals surface area contributed by atoms with E-state index in [1.807, 2.05) is 7.05 Å². The lowest BCUT2D eigenvalue weighted by atomic mass is 10.3. The lowest BCUT2D eigenvalue weighted by molar-refractivity contribution is 0.155. The number of hydrogen-bond acceptors (Lipinski definition) is 4. The molecule has 1 aliphatic rings. The van der Waals surface area contributed by atoms with E-state index in [-0.39, 0.29) is 0 Å². The smallest absolute Gasteiger partial charge is 0.0954 e. The lowest BCUT2D eigenvalue weighted by Crippen LogP contribution is -2.48. The van der Waals surface area contributed by atoms with Gasteiger partial charge in [-0.1, -0.05) is 0 Å². The SMILES string of the molecule is CNC(c1cc(Br)cs1)N1CCNCC1. The van der Waals surface area contributed by atoms with Gasteiger partial charge in [0.1, 0.15) is 0 Å². The van der Waals surface area contributed by atoms with Crippen molar-refractivity contribution in [1.82, 2.24) is 15.5 Å². The van der Waals surface area contributed by atoms with Gasteiger partial charge in [0.15, 0.2) is 0 Å². The van der Waals surface area contributed by atoms with Crippen LogP contribution in [-0.4, -0.2) is 38.1 Å². The number of nitrogens with zero attached hydrogens (tertiary/aromatic N) is 1. The van der Waals surface area contributed by atoms with Gasteiger partial charge in [-0.25, -0.2) is 0 Å². The van der Waals surface area contributed by atoms with Crippen LogP contribution in [0.4, 0.5) is 0 Å². The number of halogens is 1. The molecular weight excluding hydrogens is 274 g/mol. The van der Waals surface area contributed by atoms with Gasteiger partial charge in [-0.2, -0.15) is 0 Å². The molecule has 1 saturated heterocycles.